The largest absolute Gasteiger partial charge is 0.466 e. The van der Waals surface area contributed by atoms with Gasteiger partial charge in [0, 0.05) is 24.0 Å². The third kappa shape index (κ3) is 4.50. The van der Waals surface area contributed by atoms with Crippen molar-refractivity contribution in [2.75, 3.05) is 19.7 Å². The van der Waals surface area contributed by atoms with Gasteiger partial charge in [-0.25, -0.2) is 0 Å². The van der Waals surface area contributed by atoms with Gasteiger partial charge < -0.3 is 9.64 Å². The van der Waals surface area contributed by atoms with Crippen LogP contribution in [0.25, 0.3) is 0 Å². The van der Waals surface area contributed by atoms with Crippen LogP contribution in [0.1, 0.15) is 44.1 Å². The lowest BCUT2D eigenvalue weighted by molar-refractivity contribution is -0.144. The molecule has 0 unspecified atom stereocenters. The molecule has 5 heteroatoms. The van der Waals surface area contributed by atoms with Gasteiger partial charge in [0.1, 0.15) is 0 Å². The van der Waals surface area contributed by atoms with Gasteiger partial charge in [-0.15, -0.1) is 0 Å². The Kier molecular flexibility index (Phi) is 5.44. The molecule has 0 heterocycles. The van der Waals surface area contributed by atoms with Crippen LogP contribution >= 0.6 is 11.6 Å². The Morgan fingerprint density at radius 1 is 1.25 bits per heavy atom. The van der Waals surface area contributed by atoms with Crippen molar-refractivity contribution in [3.05, 3.63) is 34.9 Å². The van der Waals surface area contributed by atoms with Crippen LogP contribution in [0.2, 0.25) is 5.02 Å². The number of amides is 1. The molecule has 1 amide bonds. The summed E-state index contributed by atoms with van der Waals surface area (Å²) in [5, 5.41) is 0.715. The van der Waals surface area contributed by atoms with Crippen molar-refractivity contribution in [3.8, 4) is 0 Å². The minimum absolute atomic E-state index is 0.0483. The summed E-state index contributed by atoms with van der Waals surface area (Å²) in [6, 6.07) is 7.76. The maximum atomic E-state index is 12.8. The lowest BCUT2D eigenvalue weighted by atomic mass is 10.1. The average molecular weight is 350 g/mol. The number of halogens is 1. The van der Waals surface area contributed by atoms with Gasteiger partial charge in [0.15, 0.2) is 0 Å². The zero-order chi connectivity index (χ0) is 17.1. The molecule has 0 aromatic heterocycles. The Labute approximate surface area is 148 Å². The zero-order valence-corrected chi connectivity index (χ0v) is 14.8. The summed E-state index contributed by atoms with van der Waals surface area (Å²) >= 11 is 5.93. The summed E-state index contributed by atoms with van der Waals surface area (Å²) in [5.74, 6) is 0.914. The summed E-state index contributed by atoms with van der Waals surface area (Å²) < 4.78 is 4.98. The first-order chi connectivity index (χ1) is 11.6. The minimum atomic E-state index is -0.226. The van der Waals surface area contributed by atoms with Crippen LogP contribution in [0, 0.1) is 11.8 Å². The highest BCUT2D eigenvalue weighted by atomic mass is 35.5. The van der Waals surface area contributed by atoms with E-state index in [2.05, 4.69) is 0 Å². The number of ether oxygens (including phenoxy) is 1. The molecule has 130 valence electrons. The number of rotatable bonds is 8. The fourth-order valence-electron chi connectivity index (χ4n) is 3.14. The number of nitrogens with zero attached hydrogens (tertiary/aromatic N) is 1. The molecule has 2 aliphatic rings. The molecule has 3 rings (SSSR count). The SMILES string of the molecule is CCOC(=O)CCN(CC1CC1)C(=O)[C@@H]1C[C@H]1c1ccc(Cl)cc1. The fourth-order valence-corrected chi connectivity index (χ4v) is 3.27. The molecule has 2 fully saturated rings. The van der Waals surface area contributed by atoms with Crippen molar-refractivity contribution in [2.45, 2.75) is 38.5 Å². The molecule has 0 radical (unpaired) electrons. The van der Waals surface area contributed by atoms with E-state index in [1.165, 1.54) is 18.4 Å². The lowest BCUT2D eigenvalue weighted by Crippen LogP contribution is -2.36. The van der Waals surface area contributed by atoms with E-state index in [-0.39, 0.29) is 24.2 Å². The van der Waals surface area contributed by atoms with Crippen molar-refractivity contribution in [1.82, 2.24) is 4.90 Å². The molecule has 2 aliphatic carbocycles. The summed E-state index contributed by atoms with van der Waals surface area (Å²) in [4.78, 5) is 26.3. The number of carbonyl (C=O) groups is 2. The van der Waals surface area contributed by atoms with Gasteiger partial charge in [-0.2, -0.15) is 0 Å². The molecule has 0 bridgehead atoms. The second-order valence-electron chi connectivity index (χ2n) is 6.78. The molecule has 2 saturated carbocycles. The predicted octanol–water partition coefficient (Wildman–Crippen LogP) is 3.64. The van der Waals surface area contributed by atoms with E-state index in [9.17, 15) is 9.59 Å². The Morgan fingerprint density at radius 3 is 2.58 bits per heavy atom. The molecule has 1 aromatic rings. The second-order valence-corrected chi connectivity index (χ2v) is 7.22. The van der Waals surface area contributed by atoms with Crippen LogP contribution in [0.3, 0.4) is 0 Å². The van der Waals surface area contributed by atoms with E-state index < -0.39 is 0 Å². The van der Waals surface area contributed by atoms with Gasteiger partial charge in [0.25, 0.3) is 0 Å². The molecule has 2 atom stereocenters. The normalized spacial score (nSPS) is 22.1. The second kappa shape index (κ2) is 7.56. The van der Waals surface area contributed by atoms with Crippen molar-refractivity contribution in [1.29, 1.82) is 0 Å². The fraction of sp³-hybridized carbons (Fsp3) is 0.579. The quantitative estimate of drug-likeness (QED) is 0.673. The van der Waals surface area contributed by atoms with E-state index in [1.54, 1.807) is 6.92 Å². The van der Waals surface area contributed by atoms with Crippen LogP contribution in [-0.4, -0.2) is 36.5 Å². The monoisotopic (exact) mass is 349 g/mol. The highest BCUT2D eigenvalue weighted by molar-refractivity contribution is 6.30. The first-order valence-corrected chi connectivity index (χ1v) is 9.16. The number of benzene rings is 1. The smallest absolute Gasteiger partial charge is 0.307 e. The van der Waals surface area contributed by atoms with Gasteiger partial charge in [0.2, 0.25) is 5.91 Å². The Bertz CT molecular complexity index is 597. The van der Waals surface area contributed by atoms with Crippen molar-refractivity contribution >= 4 is 23.5 Å². The van der Waals surface area contributed by atoms with Crippen LogP contribution in [-0.2, 0) is 14.3 Å². The van der Waals surface area contributed by atoms with E-state index in [4.69, 9.17) is 16.3 Å². The van der Waals surface area contributed by atoms with E-state index in [0.717, 1.165) is 13.0 Å². The summed E-state index contributed by atoms with van der Waals surface area (Å²) in [6.45, 7) is 3.43. The van der Waals surface area contributed by atoms with E-state index in [1.807, 2.05) is 29.2 Å². The van der Waals surface area contributed by atoms with Gasteiger partial charge in [0.05, 0.1) is 13.0 Å². The molecule has 24 heavy (non-hydrogen) atoms. The van der Waals surface area contributed by atoms with Gasteiger partial charge in [-0.05, 0) is 55.7 Å². The van der Waals surface area contributed by atoms with Gasteiger partial charge in [-0.3, -0.25) is 9.59 Å². The molecule has 0 spiro atoms. The summed E-state index contributed by atoms with van der Waals surface area (Å²) in [7, 11) is 0. The van der Waals surface area contributed by atoms with Crippen LogP contribution < -0.4 is 0 Å². The van der Waals surface area contributed by atoms with Crippen LogP contribution in [0.4, 0.5) is 0 Å². The maximum absolute atomic E-state index is 12.8. The summed E-state index contributed by atoms with van der Waals surface area (Å²) in [6.07, 6.45) is 3.55. The van der Waals surface area contributed by atoms with Gasteiger partial charge >= 0.3 is 5.97 Å². The molecule has 0 N–H and O–H groups in total. The van der Waals surface area contributed by atoms with E-state index in [0.29, 0.717) is 30.0 Å². The van der Waals surface area contributed by atoms with Gasteiger partial charge in [-0.1, -0.05) is 23.7 Å². The highest BCUT2D eigenvalue weighted by Crippen LogP contribution is 2.49. The van der Waals surface area contributed by atoms with E-state index >= 15 is 0 Å². The first-order valence-electron chi connectivity index (χ1n) is 8.78. The molecule has 1 aromatic carbocycles. The number of esters is 1. The molecular formula is C19H24ClNO3. The number of carbonyl (C=O) groups excluding carboxylic acids is 2. The topological polar surface area (TPSA) is 46.6 Å². The Hall–Kier alpha value is -1.55. The van der Waals surface area contributed by atoms with Crippen molar-refractivity contribution in [2.24, 2.45) is 11.8 Å². The Balaban J connectivity index is 1.57. The minimum Gasteiger partial charge on any atom is -0.466 e. The van der Waals surface area contributed by atoms with Crippen LogP contribution in [0.15, 0.2) is 24.3 Å². The molecule has 0 aliphatic heterocycles. The zero-order valence-electron chi connectivity index (χ0n) is 14.0. The Morgan fingerprint density at radius 2 is 1.96 bits per heavy atom. The van der Waals surface area contributed by atoms with Crippen molar-refractivity contribution in [3.63, 3.8) is 0 Å². The summed E-state index contributed by atoms with van der Waals surface area (Å²) in [5.41, 5.74) is 1.18. The predicted molar refractivity (Wildman–Crippen MR) is 92.9 cm³/mol. The standard InChI is InChI=1S/C19H24ClNO3/c1-2-24-18(22)9-10-21(12-13-3-4-13)19(23)17-11-16(17)14-5-7-15(20)8-6-14/h5-8,13,16-17H,2-4,9-12H2,1H3/t16-,17+/m0/s1. The third-order valence-electron chi connectivity index (χ3n) is 4.78. The molecular weight excluding hydrogens is 326 g/mol. The van der Waals surface area contributed by atoms with Crippen LogP contribution in [0.5, 0.6) is 0 Å². The maximum Gasteiger partial charge on any atom is 0.307 e. The number of hydrogen-bond donors (Lipinski definition) is 0. The molecule has 4 nitrogen and oxygen atoms in total. The highest BCUT2D eigenvalue weighted by Gasteiger charge is 2.46. The number of hydrogen-bond acceptors (Lipinski definition) is 3. The first kappa shape index (κ1) is 17.3. The van der Waals surface area contributed by atoms with Crippen molar-refractivity contribution < 1.29 is 14.3 Å². The average Bonchev–Trinajstić information content (AvgIpc) is 3.45. The molecule has 0 saturated heterocycles. The third-order valence-corrected chi connectivity index (χ3v) is 5.04. The lowest BCUT2D eigenvalue weighted by Gasteiger charge is -2.22.